The van der Waals surface area contributed by atoms with E-state index in [1.54, 1.807) is 0 Å². The normalized spacial score (nSPS) is 13.4. The Morgan fingerprint density at radius 3 is 2.62 bits per heavy atom. The van der Waals surface area contributed by atoms with Gasteiger partial charge in [0.25, 0.3) is 5.91 Å². The van der Waals surface area contributed by atoms with E-state index in [0.717, 1.165) is 11.1 Å². The smallest absolute Gasteiger partial charge is 0.270 e. The molecule has 102 valence electrons. The van der Waals surface area contributed by atoms with Crippen LogP contribution in [-0.4, -0.2) is 28.7 Å². The van der Waals surface area contributed by atoms with Gasteiger partial charge in [0.1, 0.15) is 30.3 Å². The summed E-state index contributed by atoms with van der Waals surface area (Å²) in [7, 11) is 1.42. The van der Waals surface area contributed by atoms with E-state index in [0.29, 0.717) is 17.1 Å². The van der Waals surface area contributed by atoms with Crippen LogP contribution in [0.3, 0.4) is 0 Å². The summed E-state index contributed by atoms with van der Waals surface area (Å²) in [4.78, 5) is 24.6. The molecule has 7 heteroatoms. The minimum absolute atomic E-state index is 0.127. The summed E-state index contributed by atoms with van der Waals surface area (Å²) in [6.07, 6.45) is 0. The summed E-state index contributed by atoms with van der Waals surface area (Å²) < 4.78 is 0. The van der Waals surface area contributed by atoms with E-state index in [4.69, 9.17) is 15.8 Å². The van der Waals surface area contributed by atoms with Crippen molar-refractivity contribution in [3.05, 3.63) is 46.9 Å². The largest absolute Gasteiger partial charge is 0.399 e. The Bertz CT molecular complexity index is 836. The number of primary amides is 1. The molecule has 1 heterocycles. The molecule has 1 aromatic heterocycles. The molecular weight excluding hydrogens is 270 g/mol. The molecular formula is C14H9N5O2. The number of fused-ring (bicyclic) bond motifs is 3. The molecule has 1 aliphatic rings. The van der Waals surface area contributed by atoms with Gasteiger partial charge < -0.3 is 10.6 Å². The molecule has 0 saturated heterocycles. The van der Waals surface area contributed by atoms with Crippen LogP contribution in [0.15, 0.2) is 29.4 Å². The lowest BCUT2D eigenvalue weighted by Gasteiger charge is -2.03. The number of oxime groups is 1. The van der Waals surface area contributed by atoms with Gasteiger partial charge in [-0.05, 0) is 0 Å². The number of rotatable bonds is 2. The molecule has 7 nitrogen and oxygen atoms in total. The lowest BCUT2D eigenvalue weighted by atomic mass is 10.1. The van der Waals surface area contributed by atoms with Crippen molar-refractivity contribution in [3.63, 3.8) is 0 Å². The standard InChI is InChI=1S/C14H9N5O2/c1-21-19-11-8-5-3-2-4-7(8)10-13(11)17-9(6-15)12(18-10)14(16)20/h2-5H,1H3,(H2,16,20). The highest BCUT2D eigenvalue weighted by Crippen LogP contribution is 2.34. The number of carbonyl (C=O) groups excluding carboxylic acids is 1. The van der Waals surface area contributed by atoms with E-state index in [1.807, 2.05) is 30.3 Å². The number of amides is 1. The van der Waals surface area contributed by atoms with Gasteiger partial charge in [-0.1, -0.05) is 29.4 Å². The first-order valence-electron chi connectivity index (χ1n) is 6.00. The monoisotopic (exact) mass is 279 g/mol. The summed E-state index contributed by atoms with van der Waals surface area (Å²) >= 11 is 0. The number of hydrogen-bond acceptors (Lipinski definition) is 6. The van der Waals surface area contributed by atoms with Crippen LogP contribution in [0.1, 0.15) is 27.4 Å². The maximum atomic E-state index is 11.4. The number of aromatic nitrogens is 2. The van der Waals surface area contributed by atoms with Crippen LogP contribution < -0.4 is 5.73 Å². The maximum absolute atomic E-state index is 11.4. The number of carbonyl (C=O) groups is 1. The molecule has 0 radical (unpaired) electrons. The molecule has 0 bridgehead atoms. The van der Waals surface area contributed by atoms with Crippen molar-refractivity contribution >= 4 is 11.6 Å². The quantitative estimate of drug-likeness (QED) is 0.697. The number of nitrogens with zero attached hydrogens (tertiary/aromatic N) is 4. The van der Waals surface area contributed by atoms with Gasteiger partial charge in [-0.3, -0.25) is 4.79 Å². The summed E-state index contributed by atoms with van der Waals surface area (Å²) in [5.41, 5.74) is 7.86. The Kier molecular flexibility index (Phi) is 2.84. The SMILES string of the molecule is CON=C1c2ccccc2-c2nc(C(N)=O)c(C#N)nc21. The predicted molar refractivity (Wildman–Crippen MR) is 73.3 cm³/mol. The number of benzene rings is 1. The van der Waals surface area contributed by atoms with Crippen LogP contribution in [0.4, 0.5) is 0 Å². The zero-order chi connectivity index (χ0) is 15.0. The van der Waals surface area contributed by atoms with E-state index in [-0.39, 0.29) is 11.4 Å². The molecule has 1 aliphatic carbocycles. The van der Waals surface area contributed by atoms with Crippen LogP contribution in [0.2, 0.25) is 0 Å². The van der Waals surface area contributed by atoms with E-state index >= 15 is 0 Å². The van der Waals surface area contributed by atoms with Gasteiger partial charge in [0.05, 0.1) is 0 Å². The van der Waals surface area contributed by atoms with E-state index in [9.17, 15) is 4.79 Å². The van der Waals surface area contributed by atoms with Crippen LogP contribution in [0, 0.1) is 11.3 Å². The van der Waals surface area contributed by atoms with Crippen molar-refractivity contribution in [2.75, 3.05) is 7.11 Å². The molecule has 0 spiro atoms. The maximum Gasteiger partial charge on any atom is 0.270 e. The highest BCUT2D eigenvalue weighted by Gasteiger charge is 2.31. The van der Waals surface area contributed by atoms with Gasteiger partial charge in [0, 0.05) is 11.1 Å². The molecule has 3 rings (SSSR count). The molecule has 2 N–H and O–H groups in total. The first-order valence-corrected chi connectivity index (χ1v) is 6.00. The summed E-state index contributed by atoms with van der Waals surface area (Å²) in [6.45, 7) is 0. The fraction of sp³-hybridized carbons (Fsp3) is 0.0714. The summed E-state index contributed by atoms with van der Waals surface area (Å²) in [5, 5.41) is 13.0. The zero-order valence-electron chi connectivity index (χ0n) is 11.0. The topological polar surface area (TPSA) is 114 Å². The molecule has 0 unspecified atom stereocenters. The van der Waals surface area contributed by atoms with E-state index in [2.05, 4.69) is 15.1 Å². The van der Waals surface area contributed by atoms with Crippen molar-refractivity contribution in [2.24, 2.45) is 10.9 Å². The lowest BCUT2D eigenvalue weighted by Crippen LogP contribution is -2.18. The van der Waals surface area contributed by atoms with Gasteiger partial charge in [-0.2, -0.15) is 5.26 Å². The van der Waals surface area contributed by atoms with Crippen LogP contribution in [0.25, 0.3) is 11.3 Å². The van der Waals surface area contributed by atoms with Gasteiger partial charge in [-0.25, -0.2) is 9.97 Å². The van der Waals surface area contributed by atoms with Crippen LogP contribution in [0.5, 0.6) is 0 Å². The van der Waals surface area contributed by atoms with E-state index < -0.39 is 5.91 Å². The fourth-order valence-electron chi connectivity index (χ4n) is 2.25. The van der Waals surface area contributed by atoms with Gasteiger partial charge in [0.2, 0.25) is 0 Å². The van der Waals surface area contributed by atoms with Crippen molar-refractivity contribution in [3.8, 4) is 17.3 Å². The van der Waals surface area contributed by atoms with Gasteiger partial charge >= 0.3 is 0 Å². The van der Waals surface area contributed by atoms with Crippen molar-refractivity contribution < 1.29 is 9.63 Å². The third-order valence-electron chi connectivity index (χ3n) is 3.08. The molecule has 2 aromatic rings. The second-order valence-electron chi connectivity index (χ2n) is 4.26. The average molecular weight is 279 g/mol. The molecule has 0 atom stereocenters. The van der Waals surface area contributed by atoms with Gasteiger partial charge in [-0.15, -0.1) is 0 Å². The Morgan fingerprint density at radius 2 is 2.00 bits per heavy atom. The molecule has 0 saturated carbocycles. The van der Waals surface area contributed by atoms with Crippen molar-refractivity contribution in [2.45, 2.75) is 0 Å². The van der Waals surface area contributed by atoms with Gasteiger partial charge in [0.15, 0.2) is 11.4 Å². The third kappa shape index (κ3) is 1.81. The van der Waals surface area contributed by atoms with Crippen LogP contribution in [-0.2, 0) is 4.84 Å². The third-order valence-corrected chi connectivity index (χ3v) is 3.08. The molecule has 1 amide bonds. The minimum atomic E-state index is -0.795. The Labute approximate surface area is 119 Å². The van der Waals surface area contributed by atoms with Crippen molar-refractivity contribution in [1.82, 2.24) is 9.97 Å². The Balaban J connectivity index is 2.37. The summed E-state index contributed by atoms with van der Waals surface area (Å²) in [6, 6.07) is 9.18. The Morgan fingerprint density at radius 1 is 1.29 bits per heavy atom. The molecule has 21 heavy (non-hydrogen) atoms. The second-order valence-corrected chi connectivity index (χ2v) is 4.26. The molecule has 1 aromatic carbocycles. The first kappa shape index (κ1) is 12.7. The highest BCUT2D eigenvalue weighted by molar-refractivity contribution is 6.22. The Hall–Kier alpha value is -3.27. The number of nitrogens with two attached hydrogens (primary N) is 1. The highest BCUT2D eigenvalue weighted by atomic mass is 16.6. The molecule has 0 fully saturated rings. The lowest BCUT2D eigenvalue weighted by molar-refractivity contribution is 0.0995. The van der Waals surface area contributed by atoms with Crippen LogP contribution >= 0.6 is 0 Å². The fourth-order valence-corrected chi connectivity index (χ4v) is 2.25. The second kappa shape index (κ2) is 4.68. The average Bonchev–Trinajstić information content (AvgIpc) is 2.80. The minimum Gasteiger partial charge on any atom is -0.399 e. The zero-order valence-corrected chi connectivity index (χ0v) is 11.0. The molecule has 0 aliphatic heterocycles. The number of hydrogen-bond donors (Lipinski definition) is 1. The summed E-state index contributed by atoms with van der Waals surface area (Å²) in [5.74, 6) is -0.795. The van der Waals surface area contributed by atoms with Crippen molar-refractivity contribution in [1.29, 1.82) is 5.26 Å². The van der Waals surface area contributed by atoms with E-state index in [1.165, 1.54) is 7.11 Å². The number of nitriles is 1. The predicted octanol–water partition coefficient (Wildman–Crippen LogP) is 0.826. The first-order chi connectivity index (χ1) is 10.2.